The second-order valence-electron chi connectivity index (χ2n) is 5.28. The molecule has 0 aromatic rings. The normalized spacial score (nSPS) is 15.7. The molecule has 0 aromatic carbocycles. The molecule has 1 radical (unpaired) electrons. The van der Waals surface area contributed by atoms with E-state index in [1.807, 2.05) is 0 Å². The SMILES string of the molecule is CC(C)([S-])C([NH][Ga][NH]C(C(=O)[OH2+])C(C)(C)[S-])C(=O)[OH2+]. The van der Waals surface area contributed by atoms with Crippen LogP contribution >= 0.6 is 0 Å². The van der Waals surface area contributed by atoms with E-state index in [-0.39, 0.29) is 0 Å². The van der Waals surface area contributed by atoms with E-state index in [2.05, 4.69) is 8.05 Å². The average molecular weight is 366 g/mol. The van der Waals surface area contributed by atoms with E-state index in [0.29, 0.717) is 0 Å². The fraction of sp³-hybridized carbons (Fsp3) is 0.800. The number of carbonyl (C=O) groups is 2. The molecule has 0 aliphatic carbocycles. The van der Waals surface area contributed by atoms with Crippen LogP contribution in [0.1, 0.15) is 27.7 Å². The predicted molar refractivity (Wildman–Crippen MR) is 79.7 cm³/mol. The quantitative estimate of drug-likeness (QED) is 0.282. The van der Waals surface area contributed by atoms with E-state index < -0.39 is 51.4 Å². The molecule has 0 aromatic heterocycles. The van der Waals surface area contributed by atoms with E-state index in [1.165, 1.54) is 0 Å². The summed E-state index contributed by atoms with van der Waals surface area (Å²) in [5.74, 6) is -1.55. The fourth-order valence-corrected chi connectivity index (χ4v) is 5.54. The van der Waals surface area contributed by atoms with E-state index in [0.717, 1.165) is 0 Å². The van der Waals surface area contributed by atoms with Crippen LogP contribution in [0.4, 0.5) is 0 Å². The Bertz CT molecular complexity index is 309. The summed E-state index contributed by atoms with van der Waals surface area (Å²) in [7, 11) is 0. The topological polar surface area (TPSA) is 104 Å². The number of rotatable bonds is 8. The van der Waals surface area contributed by atoms with Gasteiger partial charge in [0.2, 0.25) is 0 Å². The van der Waals surface area contributed by atoms with Gasteiger partial charge in [-0.15, -0.1) is 0 Å². The summed E-state index contributed by atoms with van der Waals surface area (Å²) in [5.41, 5.74) is 0. The zero-order chi connectivity index (χ0) is 15.4. The van der Waals surface area contributed by atoms with E-state index in [4.69, 9.17) is 35.5 Å². The summed E-state index contributed by atoms with van der Waals surface area (Å²) in [6.07, 6.45) is 0. The van der Waals surface area contributed by atoms with Crippen LogP contribution in [0.3, 0.4) is 0 Å². The molecule has 2 unspecified atom stereocenters. The second kappa shape index (κ2) is 7.28. The first kappa shape index (κ1) is 19.2. The molecule has 0 saturated heterocycles. The van der Waals surface area contributed by atoms with Gasteiger partial charge in [-0.05, 0) is 0 Å². The Labute approximate surface area is 132 Å². The molecule has 0 aliphatic rings. The monoisotopic (exact) mass is 365 g/mol. The van der Waals surface area contributed by atoms with Gasteiger partial charge in [0.05, 0.1) is 0 Å². The van der Waals surface area contributed by atoms with Crippen LogP contribution < -0.4 is 8.05 Å². The van der Waals surface area contributed by atoms with Crippen molar-refractivity contribution in [3.63, 3.8) is 0 Å². The molecule has 0 saturated carbocycles. The van der Waals surface area contributed by atoms with Crippen molar-refractivity contribution in [1.82, 2.24) is 8.05 Å². The molecule has 2 atom stereocenters. The third-order valence-electron chi connectivity index (χ3n) is 2.41. The van der Waals surface area contributed by atoms with Crippen LogP contribution in [0.25, 0.3) is 0 Å². The molecule has 109 valence electrons. The van der Waals surface area contributed by atoms with Crippen LogP contribution in [-0.4, -0.2) is 61.6 Å². The van der Waals surface area contributed by atoms with Crippen LogP contribution in [0.2, 0.25) is 0 Å². The number of hydrogen-bond acceptors (Lipinski definition) is 6. The van der Waals surface area contributed by atoms with Gasteiger partial charge in [0, 0.05) is 0 Å². The Hall–Kier alpha value is 0.196. The van der Waals surface area contributed by atoms with Gasteiger partial charge in [0.1, 0.15) is 0 Å². The molecule has 0 aliphatic heterocycles. The summed E-state index contributed by atoms with van der Waals surface area (Å²) in [6, 6.07) is -1.52. The summed E-state index contributed by atoms with van der Waals surface area (Å²) in [6.45, 7) is 6.75. The molecule has 0 amide bonds. The Morgan fingerprint density at radius 3 is 1.37 bits per heavy atom. The molecule has 0 fully saturated rings. The van der Waals surface area contributed by atoms with Crippen molar-refractivity contribution < 1.29 is 19.8 Å². The molecule has 6 nitrogen and oxygen atoms in total. The van der Waals surface area contributed by atoms with Gasteiger partial charge in [-0.3, -0.25) is 0 Å². The van der Waals surface area contributed by atoms with Crippen molar-refractivity contribution in [1.29, 1.82) is 0 Å². The van der Waals surface area contributed by atoms with E-state index in [1.54, 1.807) is 27.7 Å². The molecule has 6 N–H and O–H groups in total. The van der Waals surface area contributed by atoms with E-state index in [9.17, 15) is 9.59 Å². The molecular weight excluding hydrogens is 346 g/mol. The predicted octanol–water partition coefficient (Wildman–Crippen LogP) is -2.41. The Morgan fingerprint density at radius 2 is 1.21 bits per heavy atom. The molecule has 0 heterocycles. The minimum atomic E-state index is -1.41. The maximum absolute atomic E-state index is 11.2. The first-order valence-electron chi connectivity index (χ1n) is 5.63. The van der Waals surface area contributed by atoms with Crippen LogP contribution in [0.5, 0.6) is 0 Å². The fourth-order valence-electron chi connectivity index (χ4n) is 1.40. The second-order valence-corrected chi connectivity index (χ2v) is 9.39. The molecule has 0 rings (SSSR count). The van der Waals surface area contributed by atoms with Gasteiger partial charge in [-0.1, -0.05) is 0 Å². The number of nitrogens with one attached hydrogen (secondary N) is 2. The van der Waals surface area contributed by atoms with Gasteiger partial charge in [-0.2, -0.15) is 0 Å². The minimum absolute atomic E-state index is 0.760. The summed E-state index contributed by atoms with van der Waals surface area (Å²) < 4.78 is 4.33. The van der Waals surface area contributed by atoms with Gasteiger partial charge in [0.15, 0.2) is 0 Å². The van der Waals surface area contributed by atoms with Crippen molar-refractivity contribution in [2.75, 3.05) is 0 Å². The molecular formula is C10H20GaN2O4S2. The molecule has 19 heavy (non-hydrogen) atoms. The van der Waals surface area contributed by atoms with Crippen molar-refractivity contribution in [3.8, 4) is 0 Å². The van der Waals surface area contributed by atoms with Gasteiger partial charge in [-0.25, -0.2) is 0 Å². The molecule has 0 spiro atoms. The Kier molecular flexibility index (Phi) is 7.35. The third-order valence-corrected chi connectivity index (χ3v) is 4.98. The van der Waals surface area contributed by atoms with Crippen molar-refractivity contribution in [2.45, 2.75) is 49.3 Å². The summed E-state index contributed by atoms with van der Waals surface area (Å²) in [4.78, 5) is 22.4. The summed E-state index contributed by atoms with van der Waals surface area (Å²) >= 11 is 8.90. The van der Waals surface area contributed by atoms with Gasteiger partial charge in [0.25, 0.3) is 0 Å². The Morgan fingerprint density at radius 1 is 0.947 bits per heavy atom. The standard InChI is InChI=1S/2C5H10NO2S.Ga/c2*1-5(2,9)3(6)4(7)8;/h2*3,6,9H,1-2H3,(H,7,8);/q2*-1;+2. The zero-order valence-corrected chi connectivity index (χ0v) is 15.4. The van der Waals surface area contributed by atoms with Crippen LogP contribution in [0, 0.1) is 0 Å². The van der Waals surface area contributed by atoms with Crippen molar-refractivity contribution >= 4 is 55.1 Å². The molecule has 0 bridgehead atoms. The average Bonchev–Trinajstić information content (AvgIpc) is 2.11. The number of hydrogen-bond donors (Lipinski definition) is 2. The first-order chi connectivity index (χ1) is 8.37. The maximum atomic E-state index is 11.2. The third kappa shape index (κ3) is 6.96. The summed E-state index contributed by atoms with van der Waals surface area (Å²) in [5, 5.41) is 14.4. The number of carbonyl (C=O) groups excluding carboxylic acids is 2. The van der Waals surface area contributed by atoms with Crippen molar-refractivity contribution in [3.05, 3.63) is 0 Å². The van der Waals surface area contributed by atoms with Crippen molar-refractivity contribution in [2.24, 2.45) is 0 Å². The van der Waals surface area contributed by atoms with E-state index >= 15 is 0 Å². The van der Waals surface area contributed by atoms with Gasteiger partial charge >= 0.3 is 132 Å². The zero-order valence-electron chi connectivity index (χ0n) is 11.4. The molecule has 9 heteroatoms. The first-order valence-corrected chi connectivity index (χ1v) is 8.87. The van der Waals surface area contributed by atoms with Gasteiger partial charge < -0.3 is 0 Å². The Balaban J connectivity index is 4.56. The van der Waals surface area contributed by atoms with Crippen LogP contribution in [-0.2, 0) is 34.8 Å². The van der Waals surface area contributed by atoms with Crippen LogP contribution in [0.15, 0.2) is 0 Å².